The van der Waals surface area contributed by atoms with Gasteiger partial charge in [0.25, 0.3) is 11.6 Å². The normalized spacial score (nSPS) is 10.7. The number of nitro benzene ring substituents is 1. The molecule has 146 valence electrons. The number of nitro groups is 1. The fourth-order valence-corrected chi connectivity index (χ4v) is 2.83. The van der Waals surface area contributed by atoms with E-state index in [1.165, 1.54) is 24.5 Å². The summed E-state index contributed by atoms with van der Waals surface area (Å²) >= 11 is 3.44. The summed E-state index contributed by atoms with van der Waals surface area (Å²) in [7, 11) is 0. The Morgan fingerprint density at radius 1 is 1.24 bits per heavy atom. The van der Waals surface area contributed by atoms with E-state index in [4.69, 9.17) is 4.74 Å². The summed E-state index contributed by atoms with van der Waals surface area (Å²) in [6, 6.07) is 14.8. The molecule has 0 bridgehead atoms. The van der Waals surface area contributed by atoms with Crippen LogP contribution in [0.1, 0.15) is 21.5 Å². The van der Waals surface area contributed by atoms with Crippen molar-refractivity contribution < 1.29 is 14.5 Å². The van der Waals surface area contributed by atoms with Gasteiger partial charge in [0.05, 0.1) is 21.2 Å². The Balaban J connectivity index is 1.56. The van der Waals surface area contributed by atoms with E-state index >= 15 is 0 Å². The number of amides is 1. The molecule has 3 rings (SSSR count). The van der Waals surface area contributed by atoms with Crippen molar-refractivity contribution in [2.75, 3.05) is 0 Å². The zero-order chi connectivity index (χ0) is 20.6. The largest absolute Gasteiger partial charge is 0.488 e. The predicted octanol–water partition coefficient (Wildman–Crippen LogP) is 4.10. The summed E-state index contributed by atoms with van der Waals surface area (Å²) in [6.07, 6.45) is 4.56. The third-order valence-electron chi connectivity index (χ3n) is 3.80. The molecule has 0 spiro atoms. The molecular weight excluding hydrogens is 440 g/mol. The van der Waals surface area contributed by atoms with E-state index < -0.39 is 4.92 Å². The van der Waals surface area contributed by atoms with Gasteiger partial charge >= 0.3 is 0 Å². The van der Waals surface area contributed by atoms with E-state index in [1.807, 2.05) is 0 Å². The molecule has 2 aromatic carbocycles. The molecule has 0 saturated carbocycles. The number of non-ortho nitro benzene ring substituents is 1. The molecule has 0 aliphatic rings. The van der Waals surface area contributed by atoms with E-state index in [9.17, 15) is 14.9 Å². The molecule has 29 heavy (non-hydrogen) atoms. The molecule has 1 aromatic heterocycles. The van der Waals surface area contributed by atoms with E-state index in [0.29, 0.717) is 15.8 Å². The van der Waals surface area contributed by atoms with Gasteiger partial charge < -0.3 is 4.74 Å². The van der Waals surface area contributed by atoms with Crippen molar-refractivity contribution in [3.63, 3.8) is 0 Å². The molecule has 9 heteroatoms. The zero-order valence-corrected chi connectivity index (χ0v) is 16.6. The Bertz CT molecular complexity index is 1040. The number of hydrogen-bond donors (Lipinski definition) is 1. The number of pyridine rings is 1. The summed E-state index contributed by atoms with van der Waals surface area (Å²) in [6.45, 7) is 0.269. The van der Waals surface area contributed by atoms with Crippen LogP contribution in [0.15, 0.2) is 76.6 Å². The number of rotatable bonds is 7. The first kappa shape index (κ1) is 20.2. The Kier molecular flexibility index (Phi) is 6.64. The molecule has 0 radical (unpaired) electrons. The summed E-state index contributed by atoms with van der Waals surface area (Å²) < 4.78 is 6.45. The zero-order valence-electron chi connectivity index (χ0n) is 15.0. The molecule has 1 N–H and O–H groups in total. The van der Waals surface area contributed by atoms with Gasteiger partial charge in [0.1, 0.15) is 12.4 Å². The van der Waals surface area contributed by atoms with Crippen LogP contribution in [0.2, 0.25) is 0 Å². The van der Waals surface area contributed by atoms with Gasteiger partial charge in [0.15, 0.2) is 0 Å². The molecule has 0 unspecified atom stereocenters. The number of benzene rings is 2. The van der Waals surface area contributed by atoms with E-state index in [0.717, 1.165) is 11.1 Å². The van der Waals surface area contributed by atoms with Gasteiger partial charge in [0, 0.05) is 24.5 Å². The van der Waals surface area contributed by atoms with Gasteiger partial charge in [-0.1, -0.05) is 0 Å². The average Bonchev–Trinajstić information content (AvgIpc) is 2.74. The van der Waals surface area contributed by atoms with Gasteiger partial charge in [0.2, 0.25) is 0 Å². The number of nitrogens with one attached hydrogen (secondary N) is 1. The number of hydrazone groups is 1. The van der Waals surface area contributed by atoms with Crippen LogP contribution in [0.5, 0.6) is 5.75 Å². The minimum absolute atomic E-state index is 0.0363. The monoisotopic (exact) mass is 454 g/mol. The Morgan fingerprint density at radius 3 is 2.69 bits per heavy atom. The van der Waals surface area contributed by atoms with Crippen molar-refractivity contribution in [1.82, 2.24) is 10.4 Å². The second kappa shape index (κ2) is 9.56. The van der Waals surface area contributed by atoms with Crippen molar-refractivity contribution in [2.45, 2.75) is 6.61 Å². The standard InChI is InChI=1S/C20H15BrN4O4/c21-18-10-15(11-23-24-20(26)16-2-1-9-22-12-16)5-8-19(18)29-13-14-3-6-17(7-4-14)25(27)28/h1-12H,13H2,(H,24,26)/b23-11-. The van der Waals surface area contributed by atoms with Crippen LogP contribution in [0, 0.1) is 10.1 Å². The van der Waals surface area contributed by atoms with Gasteiger partial charge in [-0.05, 0) is 69.5 Å². The lowest BCUT2D eigenvalue weighted by molar-refractivity contribution is -0.384. The van der Waals surface area contributed by atoms with E-state index in [-0.39, 0.29) is 18.2 Å². The lowest BCUT2D eigenvalue weighted by atomic mass is 10.2. The fourth-order valence-electron chi connectivity index (χ4n) is 2.32. The summed E-state index contributed by atoms with van der Waals surface area (Å²) in [4.78, 5) is 26.0. The van der Waals surface area contributed by atoms with Crippen LogP contribution < -0.4 is 10.2 Å². The average molecular weight is 455 g/mol. The number of aromatic nitrogens is 1. The molecular formula is C20H15BrN4O4. The quantitative estimate of drug-likeness (QED) is 0.328. The number of carbonyl (C=O) groups excluding carboxylic acids is 1. The van der Waals surface area contributed by atoms with Crippen molar-refractivity contribution in [1.29, 1.82) is 0 Å². The first-order valence-electron chi connectivity index (χ1n) is 8.42. The molecule has 8 nitrogen and oxygen atoms in total. The third kappa shape index (κ3) is 5.69. The lowest BCUT2D eigenvalue weighted by Gasteiger charge is -2.09. The van der Waals surface area contributed by atoms with Gasteiger partial charge in [-0.3, -0.25) is 19.9 Å². The summed E-state index contributed by atoms with van der Waals surface area (Å²) in [5.41, 5.74) is 4.46. The van der Waals surface area contributed by atoms with Gasteiger partial charge in [-0.25, -0.2) is 5.43 Å². The highest BCUT2D eigenvalue weighted by atomic mass is 79.9. The number of hydrogen-bond acceptors (Lipinski definition) is 6. The van der Waals surface area contributed by atoms with Crippen molar-refractivity contribution in [3.05, 3.63) is 98.3 Å². The molecule has 0 atom stereocenters. The number of halogens is 1. The molecule has 1 amide bonds. The SMILES string of the molecule is O=C(N/N=C\c1ccc(OCc2ccc([N+](=O)[O-])cc2)c(Br)c1)c1cccnc1. The number of ether oxygens (including phenoxy) is 1. The molecule has 1 heterocycles. The minimum atomic E-state index is -0.444. The second-order valence-corrected chi connectivity index (χ2v) is 6.70. The predicted molar refractivity (Wildman–Crippen MR) is 111 cm³/mol. The smallest absolute Gasteiger partial charge is 0.272 e. The minimum Gasteiger partial charge on any atom is -0.488 e. The first-order valence-corrected chi connectivity index (χ1v) is 9.21. The number of carbonyl (C=O) groups is 1. The Hall–Kier alpha value is -3.59. The highest BCUT2D eigenvalue weighted by Crippen LogP contribution is 2.26. The molecule has 0 fully saturated rings. The van der Waals surface area contributed by atoms with Crippen LogP contribution in [-0.2, 0) is 6.61 Å². The molecule has 0 saturated heterocycles. The highest BCUT2D eigenvalue weighted by Gasteiger charge is 2.06. The van der Waals surface area contributed by atoms with Crippen molar-refractivity contribution >= 4 is 33.7 Å². The third-order valence-corrected chi connectivity index (χ3v) is 4.42. The molecule has 3 aromatic rings. The lowest BCUT2D eigenvalue weighted by Crippen LogP contribution is -2.17. The van der Waals surface area contributed by atoms with Crippen molar-refractivity contribution in [3.8, 4) is 5.75 Å². The van der Waals surface area contributed by atoms with Crippen molar-refractivity contribution in [2.24, 2.45) is 5.10 Å². The number of nitrogens with zero attached hydrogens (tertiary/aromatic N) is 3. The van der Waals surface area contributed by atoms with Gasteiger partial charge in [-0.2, -0.15) is 5.10 Å². The summed E-state index contributed by atoms with van der Waals surface area (Å²) in [5, 5.41) is 14.6. The Labute approximate surface area is 174 Å². The molecule has 0 aliphatic carbocycles. The van der Waals surface area contributed by atoms with Crippen LogP contribution in [-0.4, -0.2) is 22.0 Å². The highest BCUT2D eigenvalue weighted by molar-refractivity contribution is 9.10. The van der Waals surface area contributed by atoms with Crippen LogP contribution >= 0.6 is 15.9 Å². The summed E-state index contributed by atoms with van der Waals surface area (Å²) in [5.74, 6) is 0.261. The van der Waals surface area contributed by atoms with Crippen LogP contribution in [0.25, 0.3) is 0 Å². The first-order chi connectivity index (χ1) is 14.0. The maximum atomic E-state index is 11.9. The van der Waals surface area contributed by atoms with Crippen LogP contribution in [0.4, 0.5) is 5.69 Å². The fraction of sp³-hybridized carbons (Fsp3) is 0.0500. The van der Waals surface area contributed by atoms with Gasteiger partial charge in [-0.15, -0.1) is 0 Å². The maximum Gasteiger partial charge on any atom is 0.272 e. The Morgan fingerprint density at radius 2 is 2.03 bits per heavy atom. The van der Waals surface area contributed by atoms with E-state index in [2.05, 4.69) is 31.4 Å². The van der Waals surface area contributed by atoms with E-state index in [1.54, 1.807) is 48.7 Å². The maximum absolute atomic E-state index is 11.9. The topological polar surface area (TPSA) is 107 Å². The second-order valence-electron chi connectivity index (χ2n) is 5.84. The molecule has 0 aliphatic heterocycles. The van der Waals surface area contributed by atoms with Crippen LogP contribution in [0.3, 0.4) is 0 Å².